The molecule has 0 amide bonds. The minimum Gasteiger partial charge on any atom is -0.427 e. The second-order valence-electron chi connectivity index (χ2n) is 2.24. The number of unbranched alkanes of at least 4 members (excludes halogenated alkanes) is 1. The van der Waals surface area contributed by atoms with Gasteiger partial charge in [-0.05, 0) is 6.42 Å². The zero-order valence-electron chi connectivity index (χ0n) is 6.42. The molecule has 0 fully saturated rings. The molecule has 3 nitrogen and oxygen atoms in total. The summed E-state index contributed by atoms with van der Waals surface area (Å²) < 4.78 is 5.06. The minimum absolute atomic E-state index is 0.309. The molecule has 0 atom stereocenters. The Morgan fingerprint density at radius 3 is 2.50 bits per heavy atom. The number of rotatable bonds is 6. The molecule has 0 aliphatic carbocycles. The lowest BCUT2D eigenvalue weighted by Gasteiger charge is -2.00. The summed E-state index contributed by atoms with van der Waals surface area (Å²) in [6.45, 7) is 3.26. The molecule has 4 heteroatoms. The lowest BCUT2D eigenvalue weighted by molar-refractivity contribution is 0.140. The van der Waals surface area contributed by atoms with E-state index in [1.54, 1.807) is 0 Å². The maximum absolute atomic E-state index is 8.38. The summed E-state index contributed by atoms with van der Waals surface area (Å²) in [6.07, 6.45) is 2.47. The van der Waals surface area contributed by atoms with Crippen molar-refractivity contribution in [3.05, 3.63) is 0 Å². The summed E-state index contributed by atoms with van der Waals surface area (Å²) in [6, 6.07) is 0. The fraction of sp³-hybridized carbons (Fsp3) is 1.00. The molecular weight excluding hydrogens is 131 g/mol. The zero-order chi connectivity index (χ0) is 7.82. The van der Waals surface area contributed by atoms with Crippen LogP contribution in [-0.4, -0.2) is 30.4 Å². The summed E-state index contributed by atoms with van der Waals surface area (Å²) in [5, 5.41) is 16.8. The van der Waals surface area contributed by atoms with Gasteiger partial charge < -0.3 is 14.8 Å². The molecule has 0 aromatic rings. The SMILES string of the molecule is CCCCOCCB(O)O. The number of hydrogen-bond acceptors (Lipinski definition) is 3. The first kappa shape index (κ1) is 9.94. The highest BCUT2D eigenvalue weighted by Crippen LogP contribution is 1.90. The Hall–Kier alpha value is -0.0551. The fourth-order valence-electron chi connectivity index (χ4n) is 0.537. The monoisotopic (exact) mass is 146 g/mol. The van der Waals surface area contributed by atoms with E-state index < -0.39 is 7.12 Å². The van der Waals surface area contributed by atoms with E-state index in [1.807, 2.05) is 0 Å². The van der Waals surface area contributed by atoms with Crippen molar-refractivity contribution in [3.8, 4) is 0 Å². The molecule has 0 rings (SSSR count). The van der Waals surface area contributed by atoms with Gasteiger partial charge in [-0.1, -0.05) is 13.3 Å². The predicted molar refractivity (Wildman–Crippen MR) is 40.7 cm³/mol. The van der Waals surface area contributed by atoms with Gasteiger partial charge in [-0.25, -0.2) is 0 Å². The van der Waals surface area contributed by atoms with E-state index >= 15 is 0 Å². The first-order valence-corrected chi connectivity index (χ1v) is 3.71. The van der Waals surface area contributed by atoms with Crippen molar-refractivity contribution in [2.24, 2.45) is 0 Å². The van der Waals surface area contributed by atoms with Gasteiger partial charge in [0, 0.05) is 19.5 Å². The lowest BCUT2D eigenvalue weighted by atomic mass is 9.87. The molecule has 0 saturated heterocycles. The van der Waals surface area contributed by atoms with Crippen molar-refractivity contribution in [1.82, 2.24) is 0 Å². The normalized spacial score (nSPS) is 9.90. The Balaban J connectivity index is 2.77. The average Bonchev–Trinajstić information content (AvgIpc) is 1.87. The molecule has 0 heterocycles. The molecular formula is C6H15BO3. The first-order valence-electron chi connectivity index (χ1n) is 3.71. The Labute approximate surface area is 62.2 Å². The molecule has 2 N–H and O–H groups in total. The van der Waals surface area contributed by atoms with Crippen molar-refractivity contribution >= 4 is 7.12 Å². The Bertz CT molecular complexity index is 68.0. The van der Waals surface area contributed by atoms with Crippen molar-refractivity contribution in [2.45, 2.75) is 26.1 Å². The van der Waals surface area contributed by atoms with Gasteiger partial charge in [0.2, 0.25) is 0 Å². The zero-order valence-corrected chi connectivity index (χ0v) is 6.42. The van der Waals surface area contributed by atoms with E-state index in [4.69, 9.17) is 14.8 Å². The predicted octanol–water partition coefficient (Wildman–Crippen LogP) is 0.276. The largest absolute Gasteiger partial charge is 0.453 e. The molecule has 0 aromatic carbocycles. The Morgan fingerprint density at radius 2 is 2.00 bits per heavy atom. The molecule has 0 radical (unpaired) electrons. The summed E-state index contributed by atoms with van der Waals surface area (Å²) in [7, 11) is -1.22. The molecule has 0 aromatic heterocycles. The maximum Gasteiger partial charge on any atom is 0.453 e. The molecule has 0 aliphatic rings. The van der Waals surface area contributed by atoms with Gasteiger partial charge in [-0.2, -0.15) is 0 Å². The van der Waals surface area contributed by atoms with E-state index in [0.29, 0.717) is 12.9 Å². The minimum atomic E-state index is -1.22. The summed E-state index contributed by atoms with van der Waals surface area (Å²) in [4.78, 5) is 0. The number of ether oxygens (including phenoxy) is 1. The van der Waals surface area contributed by atoms with Crippen LogP contribution in [0.4, 0.5) is 0 Å². The Kier molecular flexibility index (Phi) is 7.02. The van der Waals surface area contributed by atoms with Crippen LogP contribution in [0.1, 0.15) is 19.8 Å². The lowest BCUT2D eigenvalue weighted by Crippen LogP contribution is -2.13. The first-order chi connectivity index (χ1) is 4.77. The third-order valence-electron chi connectivity index (χ3n) is 1.16. The second kappa shape index (κ2) is 7.06. The second-order valence-corrected chi connectivity index (χ2v) is 2.24. The van der Waals surface area contributed by atoms with Crippen LogP contribution in [0.15, 0.2) is 0 Å². The maximum atomic E-state index is 8.38. The van der Waals surface area contributed by atoms with Crippen LogP contribution in [0.2, 0.25) is 6.32 Å². The highest BCUT2D eigenvalue weighted by Gasteiger charge is 2.04. The molecule has 10 heavy (non-hydrogen) atoms. The van der Waals surface area contributed by atoms with E-state index in [1.165, 1.54) is 0 Å². The van der Waals surface area contributed by atoms with Gasteiger partial charge in [0.05, 0.1) is 0 Å². The van der Waals surface area contributed by atoms with Gasteiger partial charge in [0.25, 0.3) is 0 Å². The van der Waals surface area contributed by atoms with E-state index in [2.05, 4.69) is 6.92 Å². The van der Waals surface area contributed by atoms with Crippen LogP contribution in [0.3, 0.4) is 0 Å². The van der Waals surface area contributed by atoms with Gasteiger partial charge in [-0.3, -0.25) is 0 Å². The molecule has 0 spiro atoms. The van der Waals surface area contributed by atoms with Crippen molar-refractivity contribution in [3.63, 3.8) is 0 Å². The molecule has 0 unspecified atom stereocenters. The van der Waals surface area contributed by atoms with Crippen molar-refractivity contribution < 1.29 is 14.8 Å². The smallest absolute Gasteiger partial charge is 0.427 e. The standard InChI is InChI=1S/C6H15BO3/c1-2-3-5-10-6-4-7(8)9/h8-9H,2-6H2,1H3. The van der Waals surface area contributed by atoms with Gasteiger partial charge in [0.15, 0.2) is 0 Å². The van der Waals surface area contributed by atoms with Crippen molar-refractivity contribution in [1.29, 1.82) is 0 Å². The summed E-state index contributed by atoms with van der Waals surface area (Å²) in [5.41, 5.74) is 0. The summed E-state index contributed by atoms with van der Waals surface area (Å²) >= 11 is 0. The third kappa shape index (κ3) is 7.94. The van der Waals surface area contributed by atoms with Crippen LogP contribution in [0, 0.1) is 0 Å². The van der Waals surface area contributed by atoms with Crippen LogP contribution in [0.5, 0.6) is 0 Å². The molecule has 0 bridgehead atoms. The Morgan fingerprint density at radius 1 is 1.30 bits per heavy atom. The third-order valence-corrected chi connectivity index (χ3v) is 1.16. The summed E-state index contributed by atoms with van der Waals surface area (Å²) in [5.74, 6) is 0. The topological polar surface area (TPSA) is 49.7 Å². The molecule has 60 valence electrons. The van der Waals surface area contributed by atoms with Crippen LogP contribution in [-0.2, 0) is 4.74 Å². The van der Waals surface area contributed by atoms with E-state index in [0.717, 1.165) is 19.4 Å². The highest BCUT2D eigenvalue weighted by atomic mass is 16.5. The van der Waals surface area contributed by atoms with Crippen molar-refractivity contribution in [2.75, 3.05) is 13.2 Å². The molecule has 0 aliphatic heterocycles. The van der Waals surface area contributed by atoms with Crippen LogP contribution in [0.25, 0.3) is 0 Å². The fourth-order valence-corrected chi connectivity index (χ4v) is 0.537. The number of hydrogen-bond donors (Lipinski definition) is 2. The molecule has 0 saturated carbocycles. The van der Waals surface area contributed by atoms with Gasteiger partial charge in [-0.15, -0.1) is 0 Å². The highest BCUT2D eigenvalue weighted by molar-refractivity contribution is 6.41. The average molecular weight is 146 g/mol. The van der Waals surface area contributed by atoms with Crippen LogP contribution < -0.4 is 0 Å². The van der Waals surface area contributed by atoms with Crippen LogP contribution >= 0.6 is 0 Å². The van der Waals surface area contributed by atoms with E-state index in [-0.39, 0.29) is 0 Å². The quantitative estimate of drug-likeness (QED) is 0.417. The van der Waals surface area contributed by atoms with Gasteiger partial charge >= 0.3 is 7.12 Å². The van der Waals surface area contributed by atoms with Gasteiger partial charge in [0.1, 0.15) is 0 Å². The van der Waals surface area contributed by atoms with E-state index in [9.17, 15) is 0 Å².